The number of ether oxygens (including phenoxy) is 2. The van der Waals surface area contributed by atoms with Gasteiger partial charge in [0.2, 0.25) is 18.6 Å². The molecule has 1 aromatic heterocycles. The number of fused-ring (bicyclic) bond motifs is 1. The van der Waals surface area contributed by atoms with Crippen molar-refractivity contribution in [2.24, 2.45) is 5.92 Å². The number of nitrogens with one attached hydrogen (secondary N) is 1. The monoisotopic (exact) mass is 418 g/mol. The van der Waals surface area contributed by atoms with Crippen LogP contribution in [0.5, 0.6) is 11.5 Å². The minimum Gasteiger partial charge on any atom is -0.454 e. The number of amides is 2. The maximum absolute atomic E-state index is 12.8. The number of hydrogen-bond donors (Lipinski definition) is 1. The van der Waals surface area contributed by atoms with Crippen molar-refractivity contribution < 1.29 is 19.1 Å². The van der Waals surface area contributed by atoms with Crippen LogP contribution in [-0.4, -0.2) is 34.9 Å². The van der Waals surface area contributed by atoms with Crippen molar-refractivity contribution in [1.29, 1.82) is 0 Å². The zero-order valence-corrected chi connectivity index (χ0v) is 16.9. The summed E-state index contributed by atoms with van der Waals surface area (Å²) in [6.07, 6.45) is 3.84. The van der Waals surface area contributed by atoms with Gasteiger partial charge in [-0.05, 0) is 29.3 Å². The van der Waals surface area contributed by atoms with Gasteiger partial charge in [0.1, 0.15) is 0 Å². The second kappa shape index (κ2) is 8.14. The Bertz CT molecular complexity index is 1110. The van der Waals surface area contributed by atoms with E-state index in [1.54, 1.807) is 23.2 Å². The van der Waals surface area contributed by atoms with Crippen molar-refractivity contribution in [2.75, 3.05) is 18.2 Å². The smallest absolute Gasteiger partial charge is 0.231 e. The van der Waals surface area contributed by atoms with Gasteiger partial charge >= 0.3 is 0 Å². The van der Waals surface area contributed by atoms with Gasteiger partial charge in [0.05, 0.1) is 12.5 Å². The van der Waals surface area contributed by atoms with Gasteiger partial charge in [0, 0.05) is 43.7 Å². The van der Waals surface area contributed by atoms with Crippen LogP contribution in [0.4, 0.5) is 5.69 Å². The second-order valence-corrected chi connectivity index (χ2v) is 7.63. The van der Waals surface area contributed by atoms with Crippen LogP contribution in [0, 0.1) is 5.92 Å². The van der Waals surface area contributed by atoms with E-state index in [0.29, 0.717) is 36.8 Å². The lowest BCUT2D eigenvalue weighted by molar-refractivity contribution is -0.126. The number of aromatic nitrogens is 2. The van der Waals surface area contributed by atoms with E-state index in [4.69, 9.17) is 9.47 Å². The molecule has 2 aliphatic rings. The fourth-order valence-electron chi connectivity index (χ4n) is 3.97. The SMILES string of the molecule is O=C(NCc1ccccc1Cn1cccn1)[C@H]1CC(=O)N(c2ccc3c(c2)OCO3)C1. The largest absolute Gasteiger partial charge is 0.454 e. The van der Waals surface area contributed by atoms with Crippen LogP contribution < -0.4 is 19.7 Å². The summed E-state index contributed by atoms with van der Waals surface area (Å²) in [7, 11) is 0. The molecule has 2 aromatic carbocycles. The summed E-state index contributed by atoms with van der Waals surface area (Å²) >= 11 is 0. The first-order valence-electron chi connectivity index (χ1n) is 10.2. The highest BCUT2D eigenvalue weighted by atomic mass is 16.7. The molecule has 0 bridgehead atoms. The van der Waals surface area contributed by atoms with Crippen molar-refractivity contribution in [3.63, 3.8) is 0 Å². The van der Waals surface area contributed by atoms with Gasteiger partial charge in [-0.1, -0.05) is 24.3 Å². The molecule has 0 radical (unpaired) electrons. The van der Waals surface area contributed by atoms with E-state index in [1.807, 2.05) is 47.3 Å². The van der Waals surface area contributed by atoms with E-state index in [-0.39, 0.29) is 25.0 Å². The molecule has 3 heterocycles. The average molecular weight is 418 g/mol. The number of nitrogens with zero attached hydrogens (tertiary/aromatic N) is 3. The summed E-state index contributed by atoms with van der Waals surface area (Å²) in [6.45, 7) is 1.57. The quantitative estimate of drug-likeness (QED) is 0.664. The van der Waals surface area contributed by atoms with Gasteiger partial charge in [-0.15, -0.1) is 0 Å². The molecule has 1 N–H and O–H groups in total. The molecule has 0 unspecified atom stereocenters. The van der Waals surface area contributed by atoms with E-state index in [2.05, 4.69) is 10.4 Å². The highest BCUT2D eigenvalue weighted by Gasteiger charge is 2.35. The highest BCUT2D eigenvalue weighted by molar-refractivity contribution is 6.00. The Morgan fingerprint density at radius 2 is 1.94 bits per heavy atom. The summed E-state index contributed by atoms with van der Waals surface area (Å²) < 4.78 is 12.6. The van der Waals surface area contributed by atoms with Gasteiger partial charge in [0.15, 0.2) is 11.5 Å². The maximum atomic E-state index is 12.8. The van der Waals surface area contributed by atoms with Crippen molar-refractivity contribution in [3.05, 3.63) is 72.1 Å². The molecule has 31 heavy (non-hydrogen) atoms. The standard InChI is InChI=1S/C23H22N4O4/c28-22-10-18(14-27(22)19-6-7-20-21(11-19)31-15-30-20)23(29)24-12-16-4-1-2-5-17(16)13-26-9-3-8-25-26/h1-9,11,18H,10,12-15H2,(H,24,29)/t18-/m0/s1. The molecule has 0 spiro atoms. The molecule has 2 aliphatic heterocycles. The zero-order valence-electron chi connectivity index (χ0n) is 16.9. The van der Waals surface area contributed by atoms with Gasteiger partial charge in [-0.2, -0.15) is 5.10 Å². The summed E-state index contributed by atoms with van der Waals surface area (Å²) in [5, 5.41) is 7.25. The van der Waals surface area contributed by atoms with Crippen LogP contribution in [0.15, 0.2) is 60.9 Å². The second-order valence-electron chi connectivity index (χ2n) is 7.63. The maximum Gasteiger partial charge on any atom is 0.231 e. The van der Waals surface area contributed by atoms with Crippen molar-refractivity contribution in [1.82, 2.24) is 15.1 Å². The number of anilines is 1. The average Bonchev–Trinajstić information content (AvgIpc) is 3.53. The van der Waals surface area contributed by atoms with Crippen LogP contribution in [0.25, 0.3) is 0 Å². The van der Waals surface area contributed by atoms with Crippen LogP contribution in [0.2, 0.25) is 0 Å². The Balaban J connectivity index is 1.22. The molecule has 3 aromatic rings. The van der Waals surface area contributed by atoms with E-state index >= 15 is 0 Å². The van der Waals surface area contributed by atoms with Crippen LogP contribution in [0.3, 0.4) is 0 Å². The topological polar surface area (TPSA) is 85.7 Å². The van der Waals surface area contributed by atoms with Crippen molar-refractivity contribution >= 4 is 17.5 Å². The minimum atomic E-state index is -0.392. The van der Waals surface area contributed by atoms with E-state index in [9.17, 15) is 9.59 Å². The Kier molecular flexibility index (Phi) is 5.03. The molecule has 2 amide bonds. The first kappa shape index (κ1) is 19.2. The third kappa shape index (κ3) is 3.96. The fraction of sp³-hybridized carbons (Fsp3) is 0.261. The van der Waals surface area contributed by atoms with Crippen LogP contribution >= 0.6 is 0 Å². The van der Waals surface area contributed by atoms with E-state index in [1.165, 1.54) is 0 Å². The Morgan fingerprint density at radius 1 is 1.10 bits per heavy atom. The van der Waals surface area contributed by atoms with Gasteiger partial charge in [0.25, 0.3) is 0 Å². The lowest BCUT2D eigenvalue weighted by Gasteiger charge is -2.17. The summed E-state index contributed by atoms with van der Waals surface area (Å²) in [5.74, 6) is 0.699. The molecular weight excluding hydrogens is 396 g/mol. The van der Waals surface area contributed by atoms with Crippen molar-refractivity contribution in [2.45, 2.75) is 19.5 Å². The summed E-state index contributed by atoms with van der Waals surface area (Å²) in [5.41, 5.74) is 2.84. The molecule has 1 saturated heterocycles. The summed E-state index contributed by atoms with van der Waals surface area (Å²) in [4.78, 5) is 27.0. The molecule has 0 saturated carbocycles. The Hall–Kier alpha value is -3.81. The van der Waals surface area contributed by atoms with E-state index < -0.39 is 5.92 Å². The number of benzene rings is 2. The molecule has 5 rings (SSSR count). The normalized spacial score (nSPS) is 17.2. The number of carbonyl (C=O) groups is 2. The fourth-order valence-corrected chi connectivity index (χ4v) is 3.97. The number of hydrogen-bond acceptors (Lipinski definition) is 5. The van der Waals surface area contributed by atoms with Gasteiger partial charge < -0.3 is 19.7 Å². The molecule has 8 heteroatoms. The molecule has 158 valence electrons. The lowest BCUT2D eigenvalue weighted by Crippen LogP contribution is -2.32. The molecule has 8 nitrogen and oxygen atoms in total. The van der Waals surface area contributed by atoms with E-state index in [0.717, 1.165) is 11.1 Å². The van der Waals surface area contributed by atoms with Gasteiger partial charge in [-0.25, -0.2) is 0 Å². The first-order valence-corrected chi connectivity index (χ1v) is 10.2. The first-order chi connectivity index (χ1) is 15.2. The summed E-state index contributed by atoms with van der Waals surface area (Å²) in [6, 6.07) is 15.2. The Labute approximate surface area is 179 Å². The predicted molar refractivity (Wildman–Crippen MR) is 113 cm³/mol. The molecule has 0 aliphatic carbocycles. The number of rotatable bonds is 6. The molecular formula is C23H22N4O4. The third-order valence-corrected chi connectivity index (χ3v) is 5.63. The lowest BCUT2D eigenvalue weighted by atomic mass is 10.1. The Morgan fingerprint density at radius 3 is 2.77 bits per heavy atom. The predicted octanol–water partition coefficient (Wildman–Crippen LogP) is 2.33. The van der Waals surface area contributed by atoms with Crippen molar-refractivity contribution in [3.8, 4) is 11.5 Å². The zero-order chi connectivity index (χ0) is 21.2. The molecule has 1 atom stereocenters. The number of carbonyl (C=O) groups excluding carboxylic acids is 2. The third-order valence-electron chi connectivity index (χ3n) is 5.63. The van der Waals surface area contributed by atoms with Crippen LogP contribution in [-0.2, 0) is 22.7 Å². The molecule has 1 fully saturated rings. The highest BCUT2D eigenvalue weighted by Crippen LogP contribution is 2.37. The van der Waals surface area contributed by atoms with Crippen LogP contribution in [0.1, 0.15) is 17.5 Å². The van der Waals surface area contributed by atoms with Gasteiger partial charge in [-0.3, -0.25) is 14.3 Å². The minimum absolute atomic E-state index is 0.0712.